The van der Waals surface area contributed by atoms with Crippen LogP contribution in [0.4, 0.5) is 8.78 Å². The first kappa shape index (κ1) is 12.4. The maximum atomic E-state index is 13.5. The molecule has 2 aromatic rings. The van der Waals surface area contributed by atoms with E-state index >= 15 is 0 Å². The predicted molar refractivity (Wildman–Crippen MR) is 62.3 cm³/mol. The Morgan fingerprint density at radius 2 is 2.06 bits per heavy atom. The summed E-state index contributed by atoms with van der Waals surface area (Å²) in [6.07, 6.45) is 3.29. The van der Waals surface area contributed by atoms with E-state index in [2.05, 4.69) is 5.10 Å². The van der Waals surface area contributed by atoms with E-state index in [0.717, 1.165) is 6.07 Å². The lowest BCUT2D eigenvalue weighted by Gasteiger charge is -2.04. The van der Waals surface area contributed by atoms with E-state index in [0.29, 0.717) is 5.56 Å². The van der Waals surface area contributed by atoms with Crippen molar-refractivity contribution in [3.8, 4) is 0 Å². The molecule has 18 heavy (non-hydrogen) atoms. The number of aryl methyl sites for hydroxylation is 2. The molecule has 0 aliphatic rings. The number of hydrogen-bond donors (Lipinski definition) is 0. The van der Waals surface area contributed by atoms with Gasteiger partial charge in [-0.05, 0) is 24.1 Å². The van der Waals surface area contributed by atoms with Gasteiger partial charge in [-0.1, -0.05) is 0 Å². The number of ketones is 1. The summed E-state index contributed by atoms with van der Waals surface area (Å²) in [5, 5.41) is 3.93. The Hall–Kier alpha value is -2.04. The molecule has 0 radical (unpaired) electrons. The predicted octanol–water partition coefficient (Wildman–Crippen LogP) is 2.43. The van der Waals surface area contributed by atoms with Gasteiger partial charge in [-0.15, -0.1) is 0 Å². The minimum absolute atomic E-state index is 0.0514. The van der Waals surface area contributed by atoms with Gasteiger partial charge in [-0.2, -0.15) is 5.10 Å². The van der Waals surface area contributed by atoms with Gasteiger partial charge in [-0.25, -0.2) is 8.78 Å². The Kier molecular flexibility index (Phi) is 3.23. The van der Waals surface area contributed by atoms with Crippen molar-refractivity contribution in [2.75, 3.05) is 0 Å². The molecule has 94 valence electrons. The minimum Gasteiger partial charge on any atom is -0.294 e. The molecule has 0 bridgehead atoms. The minimum atomic E-state index is -0.827. The van der Waals surface area contributed by atoms with E-state index < -0.39 is 11.6 Å². The molecule has 1 aromatic carbocycles. The summed E-state index contributed by atoms with van der Waals surface area (Å²) in [5.74, 6) is -1.86. The summed E-state index contributed by atoms with van der Waals surface area (Å²) in [4.78, 5) is 11.9. The summed E-state index contributed by atoms with van der Waals surface area (Å²) in [6, 6.07) is 1.98. The normalized spacial score (nSPS) is 10.7. The van der Waals surface area contributed by atoms with Crippen molar-refractivity contribution in [3.63, 3.8) is 0 Å². The Morgan fingerprint density at radius 1 is 1.33 bits per heavy atom. The van der Waals surface area contributed by atoms with E-state index in [4.69, 9.17) is 0 Å². The molecule has 3 nitrogen and oxygen atoms in total. The van der Waals surface area contributed by atoms with E-state index in [-0.39, 0.29) is 23.3 Å². The first-order valence-electron chi connectivity index (χ1n) is 5.43. The Morgan fingerprint density at radius 3 is 2.67 bits per heavy atom. The van der Waals surface area contributed by atoms with Gasteiger partial charge < -0.3 is 0 Å². The van der Waals surface area contributed by atoms with Crippen LogP contribution in [-0.2, 0) is 13.5 Å². The zero-order valence-corrected chi connectivity index (χ0v) is 10.1. The molecule has 0 fully saturated rings. The van der Waals surface area contributed by atoms with Gasteiger partial charge in [-0.3, -0.25) is 9.48 Å². The fraction of sp³-hybridized carbons (Fsp3) is 0.231. The maximum Gasteiger partial charge on any atom is 0.170 e. The molecular weight excluding hydrogens is 238 g/mol. The highest BCUT2D eigenvalue weighted by atomic mass is 19.1. The van der Waals surface area contributed by atoms with Crippen molar-refractivity contribution in [3.05, 3.63) is 52.9 Å². The molecule has 2 rings (SSSR count). The first-order chi connectivity index (χ1) is 8.47. The number of carbonyl (C=O) groups excluding carboxylic acids is 1. The van der Waals surface area contributed by atoms with Gasteiger partial charge in [0, 0.05) is 25.7 Å². The van der Waals surface area contributed by atoms with Crippen LogP contribution in [0.5, 0.6) is 0 Å². The van der Waals surface area contributed by atoms with Crippen molar-refractivity contribution in [1.82, 2.24) is 9.78 Å². The van der Waals surface area contributed by atoms with E-state index in [1.807, 2.05) is 0 Å². The molecule has 0 spiro atoms. The van der Waals surface area contributed by atoms with E-state index in [1.54, 1.807) is 24.1 Å². The number of Topliss-reactive ketones (excluding diaryl/α,β-unsaturated/α-hetero) is 1. The van der Waals surface area contributed by atoms with Gasteiger partial charge in [0.15, 0.2) is 5.78 Å². The lowest BCUT2D eigenvalue weighted by molar-refractivity contribution is 0.0989. The third-order valence-corrected chi connectivity index (χ3v) is 2.67. The van der Waals surface area contributed by atoms with Crippen molar-refractivity contribution in [2.45, 2.75) is 13.3 Å². The Bertz CT molecular complexity index is 605. The molecule has 1 heterocycles. The highest BCUT2D eigenvalue weighted by Gasteiger charge is 2.15. The summed E-state index contributed by atoms with van der Waals surface area (Å²) in [5.41, 5.74) is 0.868. The van der Waals surface area contributed by atoms with Crippen molar-refractivity contribution in [1.29, 1.82) is 0 Å². The van der Waals surface area contributed by atoms with Gasteiger partial charge in [0.25, 0.3) is 0 Å². The maximum absolute atomic E-state index is 13.5. The van der Waals surface area contributed by atoms with Crippen LogP contribution in [0.15, 0.2) is 24.5 Å². The second kappa shape index (κ2) is 4.68. The number of rotatable bonds is 3. The Balaban J connectivity index is 2.26. The quantitative estimate of drug-likeness (QED) is 0.784. The lowest BCUT2D eigenvalue weighted by Crippen LogP contribution is -2.07. The van der Waals surface area contributed by atoms with Crippen LogP contribution in [0.1, 0.15) is 21.5 Å². The van der Waals surface area contributed by atoms with Gasteiger partial charge in [0.2, 0.25) is 0 Å². The van der Waals surface area contributed by atoms with E-state index in [1.165, 1.54) is 13.0 Å². The van der Waals surface area contributed by atoms with Crippen molar-refractivity contribution < 1.29 is 13.6 Å². The summed E-state index contributed by atoms with van der Waals surface area (Å²) < 4.78 is 28.2. The molecule has 0 aliphatic carbocycles. The average molecular weight is 250 g/mol. The number of hydrogen-bond acceptors (Lipinski definition) is 2. The number of benzene rings is 1. The van der Waals surface area contributed by atoms with Gasteiger partial charge in [0.05, 0.1) is 11.8 Å². The standard InChI is InChI=1S/C13H12F2N2O/c1-8-3-10(12(15)5-11(8)14)13(18)4-9-6-16-17(2)7-9/h3,5-7H,4H2,1-2H3. The zero-order valence-electron chi connectivity index (χ0n) is 10.1. The second-order valence-electron chi connectivity index (χ2n) is 4.20. The van der Waals surface area contributed by atoms with Crippen LogP contribution in [0.3, 0.4) is 0 Å². The Labute approximate surface area is 103 Å². The van der Waals surface area contributed by atoms with Crippen molar-refractivity contribution >= 4 is 5.78 Å². The number of aromatic nitrogens is 2. The number of nitrogens with zero attached hydrogens (tertiary/aromatic N) is 2. The van der Waals surface area contributed by atoms with Gasteiger partial charge >= 0.3 is 0 Å². The summed E-state index contributed by atoms with van der Waals surface area (Å²) >= 11 is 0. The van der Waals surface area contributed by atoms with Gasteiger partial charge in [0.1, 0.15) is 11.6 Å². The fourth-order valence-electron chi connectivity index (χ4n) is 1.71. The molecule has 0 saturated carbocycles. The average Bonchev–Trinajstić information content (AvgIpc) is 2.69. The van der Waals surface area contributed by atoms with Crippen LogP contribution in [0, 0.1) is 18.6 Å². The summed E-state index contributed by atoms with van der Waals surface area (Å²) in [6.45, 7) is 1.50. The number of halogens is 2. The molecule has 0 unspecified atom stereocenters. The fourth-order valence-corrected chi connectivity index (χ4v) is 1.71. The molecule has 0 saturated heterocycles. The third-order valence-electron chi connectivity index (χ3n) is 2.67. The summed E-state index contributed by atoms with van der Waals surface area (Å²) in [7, 11) is 1.73. The highest BCUT2D eigenvalue weighted by Crippen LogP contribution is 2.16. The lowest BCUT2D eigenvalue weighted by atomic mass is 10.0. The molecule has 0 aliphatic heterocycles. The SMILES string of the molecule is Cc1cc(C(=O)Cc2cnn(C)c2)c(F)cc1F. The monoisotopic (exact) mass is 250 g/mol. The topological polar surface area (TPSA) is 34.9 Å². The largest absolute Gasteiger partial charge is 0.294 e. The third kappa shape index (κ3) is 2.45. The van der Waals surface area contributed by atoms with Crippen LogP contribution in [-0.4, -0.2) is 15.6 Å². The molecule has 0 amide bonds. The van der Waals surface area contributed by atoms with Crippen LogP contribution >= 0.6 is 0 Å². The smallest absolute Gasteiger partial charge is 0.170 e. The molecule has 5 heteroatoms. The van der Waals surface area contributed by atoms with Crippen LogP contribution < -0.4 is 0 Å². The molecule has 0 atom stereocenters. The highest BCUT2D eigenvalue weighted by molar-refractivity contribution is 5.97. The van der Waals surface area contributed by atoms with Crippen LogP contribution in [0.25, 0.3) is 0 Å². The zero-order chi connectivity index (χ0) is 13.3. The molecule has 0 N–H and O–H groups in total. The molecule has 1 aromatic heterocycles. The number of carbonyl (C=O) groups is 1. The van der Waals surface area contributed by atoms with Crippen molar-refractivity contribution in [2.24, 2.45) is 7.05 Å². The van der Waals surface area contributed by atoms with E-state index in [9.17, 15) is 13.6 Å². The second-order valence-corrected chi connectivity index (χ2v) is 4.20. The first-order valence-corrected chi connectivity index (χ1v) is 5.43. The molecular formula is C13H12F2N2O. The van der Waals surface area contributed by atoms with Crippen LogP contribution in [0.2, 0.25) is 0 Å².